The maximum atomic E-state index is 10.8. The van der Waals surface area contributed by atoms with Crippen molar-refractivity contribution in [1.29, 1.82) is 0 Å². The number of aliphatic hydroxyl groups is 1. The second kappa shape index (κ2) is 5.47. The summed E-state index contributed by atoms with van der Waals surface area (Å²) >= 11 is 6.17. The Morgan fingerprint density at radius 2 is 2.05 bits per heavy atom. The smallest absolute Gasteiger partial charge is 0.128 e. The second-order valence-corrected chi connectivity index (χ2v) is 5.47. The maximum Gasteiger partial charge on any atom is 0.128 e. The van der Waals surface area contributed by atoms with E-state index in [1.807, 2.05) is 36.4 Å². The number of aliphatic hydroxyl groups excluding tert-OH is 1. The molecule has 0 saturated heterocycles. The van der Waals surface area contributed by atoms with Crippen LogP contribution in [0.25, 0.3) is 0 Å². The molecule has 3 rings (SSSR count). The van der Waals surface area contributed by atoms with Crippen LogP contribution in [0, 0.1) is 0 Å². The Hall–Kier alpha value is -1.51. The minimum Gasteiger partial charge on any atom is -0.493 e. The molecule has 3 heteroatoms. The van der Waals surface area contributed by atoms with Crippen LogP contribution < -0.4 is 4.74 Å². The average molecular weight is 289 g/mol. The van der Waals surface area contributed by atoms with E-state index in [2.05, 4.69) is 6.92 Å². The first-order chi connectivity index (χ1) is 9.70. The summed E-state index contributed by atoms with van der Waals surface area (Å²) in [6, 6.07) is 11.7. The molecule has 1 atom stereocenters. The van der Waals surface area contributed by atoms with Gasteiger partial charge in [-0.3, -0.25) is 0 Å². The quantitative estimate of drug-likeness (QED) is 0.927. The summed E-state index contributed by atoms with van der Waals surface area (Å²) in [5, 5.41) is 11.4. The van der Waals surface area contributed by atoms with Gasteiger partial charge < -0.3 is 9.84 Å². The zero-order chi connectivity index (χ0) is 14.1. The van der Waals surface area contributed by atoms with E-state index >= 15 is 0 Å². The van der Waals surface area contributed by atoms with Crippen molar-refractivity contribution in [3.8, 4) is 5.75 Å². The van der Waals surface area contributed by atoms with Crippen LogP contribution in [0.15, 0.2) is 36.4 Å². The van der Waals surface area contributed by atoms with Gasteiger partial charge in [0.25, 0.3) is 0 Å². The Labute approximate surface area is 124 Å². The van der Waals surface area contributed by atoms with E-state index in [0.717, 1.165) is 40.8 Å². The number of rotatable bonds is 3. The Morgan fingerprint density at radius 1 is 1.25 bits per heavy atom. The van der Waals surface area contributed by atoms with Crippen molar-refractivity contribution in [3.05, 3.63) is 63.7 Å². The van der Waals surface area contributed by atoms with Crippen molar-refractivity contribution >= 4 is 11.6 Å². The highest BCUT2D eigenvalue weighted by atomic mass is 35.5. The van der Waals surface area contributed by atoms with E-state index in [4.69, 9.17) is 16.3 Å². The van der Waals surface area contributed by atoms with Crippen LogP contribution in [-0.4, -0.2) is 11.7 Å². The van der Waals surface area contributed by atoms with Crippen molar-refractivity contribution in [1.82, 2.24) is 0 Å². The Kier molecular flexibility index (Phi) is 3.68. The van der Waals surface area contributed by atoms with Gasteiger partial charge in [0.2, 0.25) is 0 Å². The largest absolute Gasteiger partial charge is 0.493 e. The molecule has 0 saturated carbocycles. The highest BCUT2D eigenvalue weighted by Crippen LogP contribution is 2.39. The van der Waals surface area contributed by atoms with Crippen molar-refractivity contribution in [2.75, 3.05) is 6.61 Å². The van der Waals surface area contributed by atoms with Crippen LogP contribution in [0.3, 0.4) is 0 Å². The summed E-state index contributed by atoms with van der Waals surface area (Å²) in [5.74, 6) is 0.799. The summed E-state index contributed by atoms with van der Waals surface area (Å²) in [7, 11) is 0. The zero-order valence-electron chi connectivity index (χ0n) is 11.4. The third-order valence-electron chi connectivity index (χ3n) is 3.80. The first-order valence-electron chi connectivity index (χ1n) is 6.91. The third kappa shape index (κ3) is 2.30. The predicted octanol–water partition coefficient (Wildman–Crippen LogP) is 3.92. The predicted molar refractivity (Wildman–Crippen MR) is 80.5 cm³/mol. The number of aryl methyl sites for hydroxylation is 1. The van der Waals surface area contributed by atoms with E-state index in [1.165, 1.54) is 0 Å². The highest BCUT2D eigenvalue weighted by Gasteiger charge is 2.24. The van der Waals surface area contributed by atoms with Gasteiger partial charge in [-0.05, 0) is 35.2 Å². The lowest BCUT2D eigenvalue weighted by atomic mass is 9.94. The van der Waals surface area contributed by atoms with Crippen LogP contribution in [0.4, 0.5) is 0 Å². The first-order valence-corrected chi connectivity index (χ1v) is 7.29. The topological polar surface area (TPSA) is 29.5 Å². The van der Waals surface area contributed by atoms with Crippen molar-refractivity contribution in [2.45, 2.75) is 25.9 Å². The van der Waals surface area contributed by atoms with Crippen molar-refractivity contribution in [2.24, 2.45) is 0 Å². The number of halogens is 1. The number of benzene rings is 2. The van der Waals surface area contributed by atoms with Gasteiger partial charge in [0, 0.05) is 17.0 Å². The van der Waals surface area contributed by atoms with Crippen LogP contribution in [0.5, 0.6) is 5.75 Å². The van der Waals surface area contributed by atoms with Crippen molar-refractivity contribution < 1.29 is 9.84 Å². The van der Waals surface area contributed by atoms with Gasteiger partial charge in [0.15, 0.2) is 0 Å². The number of hydrogen-bond donors (Lipinski definition) is 1. The molecule has 0 bridgehead atoms. The van der Waals surface area contributed by atoms with Crippen LogP contribution >= 0.6 is 11.6 Å². The summed E-state index contributed by atoms with van der Waals surface area (Å²) in [4.78, 5) is 0. The maximum absolute atomic E-state index is 10.8. The fraction of sp³-hybridized carbons (Fsp3) is 0.294. The summed E-state index contributed by atoms with van der Waals surface area (Å²) in [6.45, 7) is 2.75. The molecule has 1 N–H and O–H groups in total. The molecule has 1 aliphatic heterocycles. The molecule has 2 nitrogen and oxygen atoms in total. The minimum absolute atomic E-state index is 0.650. The van der Waals surface area contributed by atoms with Gasteiger partial charge in [-0.15, -0.1) is 0 Å². The highest BCUT2D eigenvalue weighted by molar-refractivity contribution is 6.30. The van der Waals surface area contributed by atoms with E-state index in [0.29, 0.717) is 11.6 Å². The van der Waals surface area contributed by atoms with Gasteiger partial charge in [0.1, 0.15) is 11.9 Å². The minimum atomic E-state index is -0.698. The Morgan fingerprint density at radius 3 is 2.85 bits per heavy atom. The van der Waals surface area contributed by atoms with Gasteiger partial charge >= 0.3 is 0 Å². The van der Waals surface area contributed by atoms with Gasteiger partial charge in [-0.2, -0.15) is 0 Å². The molecule has 0 fully saturated rings. The van der Waals surface area contributed by atoms with E-state index < -0.39 is 6.10 Å². The molecule has 0 aromatic heterocycles. The summed E-state index contributed by atoms with van der Waals surface area (Å²) < 4.78 is 5.68. The summed E-state index contributed by atoms with van der Waals surface area (Å²) in [6.07, 6.45) is 1.04. The molecule has 1 unspecified atom stereocenters. The lowest BCUT2D eigenvalue weighted by Crippen LogP contribution is -2.05. The molecule has 2 aromatic rings. The van der Waals surface area contributed by atoms with Gasteiger partial charge in [-0.1, -0.05) is 42.8 Å². The molecule has 20 heavy (non-hydrogen) atoms. The Bertz CT molecular complexity index is 637. The summed E-state index contributed by atoms with van der Waals surface area (Å²) in [5.41, 5.74) is 3.92. The van der Waals surface area contributed by atoms with Crippen LogP contribution in [0.2, 0.25) is 5.02 Å². The Balaban J connectivity index is 2.09. The van der Waals surface area contributed by atoms with E-state index in [9.17, 15) is 5.11 Å². The second-order valence-electron chi connectivity index (χ2n) is 5.04. The number of ether oxygens (including phenoxy) is 1. The fourth-order valence-corrected chi connectivity index (χ4v) is 3.04. The third-order valence-corrected chi connectivity index (χ3v) is 4.02. The van der Waals surface area contributed by atoms with E-state index in [-0.39, 0.29) is 0 Å². The van der Waals surface area contributed by atoms with Crippen molar-refractivity contribution in [3.63, 3.8) is 0 Å². The average Bonchev–Trinajstić information content (AvgIpc) is 2.93. The number of fused-ring (bicyclic) bond motifs is 1. The standard InChI is InChI=1S/C17H17ClO2/c1-2-11-5-3-4-6-14(11)16(19)15-10-13(18)9-12-7-8-20-17(12)15/h3-6,9-10,16,19H,2,7-8H2,1H3. The molecular weight excluding hydrogens is 272 g/mol. The van der Waals surface area contributed by atoms with Gasteiger partial charge in [-0.25, -0.2) is 0 Å². The van der Waals surface area contributed by atoms with Crippen LogP contribution in [-0.2, 0) is 12.8 Å². The molecule has 1 aliphatic rings. The molecule has 0 aliphatic carbocycles. The van der Waals surface area contributed by atoms with Crippen LogP contribution in [0.1, 0.15) is 35.3 Å². The van der Waals surface area contributed by atoms with Gasteiger partial charge in [0.05, 0.1) is 6.61 Å². The molecule has 104 valence electrons. The molecule has 0 amide bonds. The number of hydrogen-bond acceptors (Lipinski definition) is 2. The SMILES string of the molecule is CCc1ccccc1C(O)c1cc(Cl)cc2c1OCC2. The zero-order valence-corrected chi connectivity index (χ0v) is 12.2. The molecular formula is C17H17ClO2. The lowest BCUT2D eigenvalue weighted by Gasteiger charge is -2.18. The first kappa shape index (κ1) is 13.5. The molecule has 0 radical (unpaired) electrons. The monoisotopic (exact) mass is 288 g/mol. The molecule has 2 aromatic carbocycles. The molecule has 0 spiro atoms. The molecule has 1 heterocycles. The van der Waals surface area contributed by atoms with E-state index in [1.54, 1.807) is 0 Å². The fourth-order valence-electron chi connectivity index (χ4n) is 2.79. The lowest BCUT2D eigenvalue weighted by molar-refractivity contribution is 0.212. The normalized spacial score (nSPS) is 14.8.